The third-order valence-corrected chi connectivity index (χ3v) is 4.89. The largest absolute Gasteiger partial charge is 0.496 e. The van der Waals surface area contributed by atoms with Crippen LogP contribution in [-0.4, -0.2) is 70.6 Å². The van der Waals surface area contributed by atoms with Crippen molar-refractivity contribution < 1.29 is 19.1 Å². The average Bonchev–Trinajstić information content (AvgIpc) is 3.41. The molecular formula is C18H19N5O4. The van der Waals surface area contributed by atoms with E-state index in [9.17, 15) is 14.4 Å². The lowest BCUT2D eigenvalue weighted by molar-refractivity contribution is -0.126. The summed E-state index contributed by atoms with van der Waals surface area (Å²) in [6.45, 7) is 0.816. The minimum absolute atomic E-state index is 0.0199. The molecule has 2 aliphatic rings. The Kier molecular flexibility index (Phi) is 4.27. The van der Waals surface area contributed by atoms with Crippen LogP contribution < -0.4 is 10.1 Å². The summed E-state index contributed by atoms with van der Waals surface area (Å²) in [7, 11) is 1.58. The second kappa shape index (κ2) is 6.75. The van der Waals surface area contributed by atoms with Gasteiger partial charge in [-0.3, -0.25) is 19.6 Å². The summed E-state index contributed by atoms with van der Waals surface area (Å²) in [6, 6.07) is 8.43. The number of benzene rings is 1. The second-order valence-electron chi connectivity index (χ2n) is 6.48. The van der Waals surface area contributed by atoms with Gasteiger partial charge in [0.1, 0.15) is 11.4 Å². The summed E-state index contributed by atoms with van der Waals surface area (Å²) in [4.78, 5) is 39.3. The number of likely N-dealkylation sites (tertiary alicyclic amines) is 1. The molecule has 2 saturated heterocycles. The van der Waals surface area contributed by atoms with Crippen molar-refractivity contribution in [2.45, 2.75) is 12.5 Å². The van der Waals surface area contributed by atoms with Gasteiger partial charge in [0.15, 0.2) is 0 Å². The molecule has 0 radical (unpaired) electrons. The van der Waals surface area contributed by atoms with Gasteiger partial charge >= 0.3 is 6.03 Å². The number of imide groups is 1. The van der Waals surface area contributed by atoms with Crippen molar-refractivity contribution in [2.75, 3.05) is 26.7 Å². The molecule has 1 unspecified atom stereocenters. The van der Waals surface area contributed by atoms with Crippen LogP contribution in [0, 0.1) is 0 Å². The number of urea groups is 1. The van der Waals surface area contributed by atoms with E-state index in [-0.39, 0.29) is 30.4 Å². The molecule has 140 valence electrons. The number of methoxy groups -OCH3 is 1. The Labute approximate surface area is 155 Å². The van der Waals surface area contributed by atoms with E-state index in [1.807, 2.05) is 24.3 Å². The average molecular weight is 369 g/mol. The number of carbonyl (C=O) groups excluding carboxylic acids is 3. The summed E-state index contributed by atoms with van der Waals surface area (Å²) >= 11 is 0. The summed E-state index contributed by atoms with van der Waals surface area (Å²) in [5.74, 6) is 0.209. The number of aromatic amines is 1. The molecule has 1 atom stereocenters. The van der Waals surface area contributed by atoms with E-state index in [1.54, 1.807) is 18.1 Å². The predicted molar refractivity (Wildman–Crippen MR) is 95.1 cm³/mol. The Bertz CT molecular complexity index is 893. The zero-order valence-corrected chi connectivity index (χ0v) is 14.8. The molecule has 1 aromatic carbocycles. The van der Waals surface area contributed by atoms with Crippen LogP contribution in [0.25, 0.3) is 11.3 Å². The Balaban J connectivity index is 1.49. The van der Waals surface area contributed by atoms with E-state index >= 15 is 0 Å². The van der Waals surface area contributed by atoms with Crippen molar-refractivity contribution in [1.82, 2.24) is 25.3 Å². The summed E-state index contributed by atoms with van der Waals surface area (Å²) in [5.41, 5.74) is 1.75. The van der Waals surface area contributed by atoms with E-state index < -0.39 is 0 Å². The van der Waals surface area contributed by atoms with Crippen LogP contribution in [0.3, 0.4) is 0 Å². The first-order chi connectivity index (χ1) is 13.1. The molecule has 2 N–H and O–H groups in total. The van der Waals surface area contributed by atoms with Crippen LogP contribution >= 0.6 is 0 Å². The molecule has 4 amide bonds. The molecule has 0 aliphatic carbocycles. The molecule has 27 heavy (non-hydrogen) atoms. The molecule has 0 saturated carbocycles. The first-order valence-electron chi connectivity index (χ1n) is 8.66. The van der Waals surface area contributed by atoms with Crippen molar-refractivity contribution in [3.8, 4) is 17.0 Å². The quantitative estimate of drug-likeness (QED) is 0.777. The van der Waals surface area contributed by atoms with Gasteiger partial charge in [-0.25, -0.2) is 4.79 Å². The number of carbonyl (C=O) groups is 3. The Morgan fingerprint density at radius 3 is 2.85 bits per heavy atom. The van der Waals surface area contributed by atoms with Crippen molar-refractivity contribution >= 4 is 17.8 Å². The SMILES string of the molecule is COc1ccccc1-c1cc(C(=O)N2CCC(N3C(=O)CNC3=O)C2)[nH]n1. The van der Waals surface area contributed by atoms with Gasteiger partial charge in [0.25, 0.3) is 5.91 Å². The summed E-state index contributed by atoms with van der Waals surface area (Å²) in [5, 5.41) is 9.51. The number of para-hydroxylation sites is 1. The molecule has 4 rings (SSSR count). The summed E-state index contributed by atoms with van der Waals surface area (Å²) < 4.78 is 5.34. The topological polar surface area (TPSA) is 108 Å². The highest BCUT2D eigenvalue weighted by atomic mass is 16.5. The maximum Gasteiger partial charge on any atom is 0.324 e. The molecule has 9 nitrogen and oxygen atoms in total. The van der Waals surface area contributed by atoms with Gasteiger partial charge in [-0.2, -0.15) is 5.10 Å². The lowest BCUT2D eigenvalue weighted by Gasteiger charge is -2.21. The van der Waals surface area contributed by atoms with Crippen molar-refractivity contribution in [3.05, 3.63) is 36.0 Å². The summed E-state index contributed by atoms with van der Waals surface area (Å²) in [6.07, 6.45) is 0.568. The molecule has 2 aromatic rings. The molecule has 2 aliphatic heterocycles. The number of nitrogens with one attached hydrogen (secondary N) is 2. The van der Waals surface area contributed by atoms with Gasteiger partial charge in [0, 0.05) is 18.7 Å². The Morgan fingerprint density at radius 2 is 2.11 bits per heavy atom. The first-order valence-corrected chi connectivity index (χ1v) is 8.66. The van der Waals surface area contributed by atoms with E-state index in [1.165, 1.54) is 4.90 Å². The molecule has 0 bridgehead atoms. The zero-order valence-electron chi connectivity index (χ0n) is 14.8. The fraction of sp³-hybridized carbons (Fsp3) is 0.333. The molecule has 9 heteroatoms. The van der Waals surface area contributed by atoms with Gasteiger partial charge in [-0.15, -0.1) is 0 Å². The van der Waals surface area contributed by atoms with Gasteiger partial charge in [0.05, 0.1) is 25.4 Å². The lowest BCUT2D eigenvalue weighted by atomic mass is 10.1. The molecular weight excluding hydrogens is 350 g/mol. The highest BCUT2D eigenvalue weighted by Gasteiger charge is 2.40. The number of aromatic nitrogens is 2. The molecule has 2 fully saturated rings. The van der Waals surface area contributed by atoms with Crippen LogP contribution in [-0.2, 0) is 4.79 Å². The van der Waals surface area contributed by atoms with Gasteiger partial charge in [-0.05, 0) is 24.6 Å². The second-order valence-corrected chi connectivity index (χ2v) is 6.48. The number of nitrogens with zero attached hydrogens (tertiary/aromatic N) is 3. The van der Waals surface area contributed by atoms with Crippen molar-refractivity contribution in [1.29, 1.82) is 0 Å². The Hall–Kier alpha value is -3.36. The normalized spacial score (nSPS) is 19.5. The number of ether oxygens (including phenoxy) is 1. The molecule has 0 spiro atoms. The lowest BCUT2D eigenvalue weighted by Crippen LogP contribution is -2.43. The number of H-pyrrole nitrogens is 1. The van der Waals surface area contributed by atoms with Crippen molar-refractivity contribution in [3.63, 3.8) is 0 Å². The monoisotopic (exact) mass is 369 g/mol. The van der Waals surface area contributed by atoms with E-state index in [0.29, 0.717) is 36.6 Å². The van der Waals surface area contributed by atoms with Crippen LogP contribution in [0.15, 0.2) is 30.3 Å². The number of hydrogen-bond acceptors (Lipinski definition) is 5. The van der Waals surface area contributed by atoms with Crippen LogP contribution in [0.2, 0.25) is 0 Å². The fourth-order valence-electron chi connectivity index (χ4n) is 3.54. The van der Waals surface area contributed by atoms with E-state index in [0.717, 1.165) is 5.56 Å². The van der Waals surface area contributed by atoms with Crippen LogP contribution in [0.5, 0.6) is 5.75 Å². The van der Waals surface area contributed by atoms with Gasteiger partial charge < -0.3 is 15.0 Å². The van der Waals surface area contributed by atoms with Gasteiger partial charge in [-0.1, -0.05) is 12.1 Å². The smallest absolute Gasteiger partial charge is 0.324 e. The third kappa shape index (κ3) is 3.01. The minimum Gasteiger partial charge on any atom is -0.496 e. The minimum atomic E-state index is -0.390. The highest BCUT2D eigenvalue weighted by Crippen LogP contribution is 2.29. The van der Waals surface area contributed by atoms with Crippen LogP contribution in [0.4, 0.5) is 4.79 Å². The predicted octanol–water partition coefficient (Wildman–Crippen LogP) is 0.852. The number of amides is 4. The maximum absolute atomic E-state index is 12.8. The zero-order chi connectivity index (χ0) is 19.0. The van der Waals surface area contributed by atoms with Gasteiger partial charge in [0.2, 0.25) is 5.91 Å². The molecule has 3 heterocycles. The number of rotatable bonds is 4. The van der Waals surface area contributed by atoms with E-state index in [2.05, 4.69) is 15.5 Å². The highest BCUT2D eigenvalue weighted by molar-refractivity contribution is 6.02. The van der Waals surface area contributed by atoms with Crippen molar-refractivity contribution in [2.24, 2.45) is 0 Å². The number of hydrogen-bond donors (Lipinski definition) is 2. The first kappa shape index (κ1) is 17.1. The van der Waals surface area contributed by atoms with E-state index in [4.69, 9.17) is 4.74 Å². The maximum atomic E-state index is 12.8. The Morgan fingerprint density at radius 1 is 1.30 bits per heavy atom. The third-order valence-electron chi connectivity index (χ3n) is 4.89. The van der Waals surface area contributed by atoms with Crippen LogP contribution in [0.1, 0.15) is 16.9 Å². The standard InChI is InChI=1S/C18H19N5O4/c1-27-15-5-3-2-4-12(15)13-8-14(21-20-13)17(25)22-7-6-11(10-22)23-16(24)9-19-18(23)26/h2-5,8,11H,6-7,9-10H2,1H3,(H,19,26)(H,20,21). The molecule has 1 aromatic heterocycles. The fourth-order valence-corrected chi connectivity index (χ4v) is 3.54.